The van der Waals surface area contributed by atoms with Gasteiger partial charge in [-0.25, -0.2) is 0 Å². The van der Waals surface area contributed by atoms with Gasteiger partial charge in [0.25, 0.3) is 0 Å². The number of nitrogens with zero attached hydrogens (tertiary/aromatic N) is 2. The summed E-state index contributed by atoms with van der Waals surface area (Å²) in [7, 11) is 0. The molecule has 0 spiro atoms. The molecule has 50 heavy (non-hydrogen) atoms. The van der Waals surface area contributed by atoms with E-state index in [0.717, 1.165) is 22.7 Å². The van der Waals surface area contributed by atoms with E-state index >= 15 is 0 Å². The highest BCUT2D eigenvalue weighted by Gasteiger charge is 2.23. The number of benzene rings is 8. The largest absolute Gasteiger partial charge is 0.309 e. The third kappa shape index (κ3) is 5.15. The molecule has 2 heteroatoms. The molecule has 0 amide bonds. The first-order valence-corrected chi connectivity index (χ1v) is 17.1. The first-order chi connectivity index (χ1) is 24.8. The summed E-state index contributed by atoms with van der Waals surface area (Å²) in [5, 5.41) is 2.48. The number of hydrogen-bond acceptors (Lipinski definition) is 1. The molecule has 236 valence electrons. The normalized spacial score (nSPS) is 11.2. The van der Waals surface area contributed by atoms with Gasteiger partial charge in [-0.15, -0.1) is 0 Å². The molecule has 0 bridgehead atoms. The molecular formula is C48H34N2. The molecule has 0 aliphatic heterocycles. The van der Waals surface area contributed by atoms with E-state index < -0.39 is 0 Å². The smallest absolute Gasteiger partial charge is 0.0547 e. The van der Waals surface area contributed by atoms with E-state index in [1.165, 1.54) is 55.2 Å². The van der Waals surface area contributed by atoms with Crippen molar-refractivity contribution in [1.82, 2.24) is 4.57 Å². The quantitative estimate of drug-likeness (QED) is 0.169. The molecule has 0 radical (unpaired) electrons. The summed E-state index contributed by atoms with van der Waals surface area (Å²) in [6.07, 6.45) is 0. The van der Waals surface area contributed by atoms with E-state index in [4.69, 9.17) is 0 Å². The summed E-state index contributed by atoms with van der Waals surface area (Å²) >= 11 is 0. The zero-order valence-electron chi connectivity index (χ0n) is 27.5. The van der Waals surface area contributed by atoms with Crippen molar-refractivity contribution in [2.24, 2.45) is 0 Å². The Morgan fingerprint density at radius 2 is 0.820 bits per heavy atom. The predicted molar refractivity (Wildman–Crippen MR) is 212 cm³/mol. The summed E-state index contributed by atoms with van der Waals surface area (Å²) in [4.78, 5) is 2.43. The highest BCUT2D eigenvalue weighted by molar-refractivity contribution is 6.17. The number of rotatable bonds is 7. The first kappa shape index (κ1) is 29.5. The van der Waals surface area contributed by atoms with Crippen LogP contribution in [0.3, 0.4) is 0 Å². The molecule has 0 unspecified atom stereocenters. The number of aromatic nitrogens is 1. The Labute approximate surface area is 292 Å². The summed E-state index contributed by atoms with van der Waals surface area (Å²) in [6.45, 7) is 0. The van der Waals surface area contributed by atoms with Crippen LogP contribution in [-0.2, 0) is 0 Å². The molecule has 0 atom stereocenters. The number of anilines is 3. The van der Waals surface area contributed by atoms with E-state index in [1.54, 1.807) is 0 Å². The Bertz CT molecular complexity index is 2570. The average Bonchev–Trinajstić information content (AvgIpc) is 3.54. The fourth-order valence-electron chi connectivity index (χ4n) is 7.37. The van der Waals surface area contributed by atoms with Crippen LogP contribution in [-0.4, -0.2) is 4.57 Å². The van der Waals surface area contributed by atoms with Crippen molar-refractivity contribution >= 4 is 38.9 Å². The van der Waals surface area contributed by atoms with Gasteiger partial charge in [0.2, 0.25) is 0 Å². The maximum atomic E-state index is 2.43. The monoisotopic (exact) mass is 638 g/mol. The first-order valence-electron chi connectivity index (χ1n) is 17.1. The van der Waals surface area contributed by atoms with Crippen LogP contribution < -0.4 is 4.90 Å². The molecule has 1 aromatic heterocycles. The van der Waals surface area contributed by atoms with Crippen molar-refractivity contribution in [2.75, 3.05) is 4.90 Å². The van der Waals surface area contributed by atoms with Gasteiger partial charge >= 0.3 is 0 Å². The number of hydrogen-bond donors (Lipinski definition) is 0. The van der Waals surface area contributed by atoms with E-state index in [0.29, 0.717) is 0 Å². The zero-order valence-corrected chi connectivity index (χ0v) is 27.5. The Kier molecular flexibility index (Phi) is 7.53. The van der Waals surface area contributed by atoms with Crippen LogP contribution in [0.5, 0.6) is 0 Å². The molecular weight excluding hydrogens is 605 g/mol. The fourth-order valence-corrected chi connectivity index (χ4v) is 7.37. The maximum absolute atomic E-state index is 2.43. The second kappa shape index (κ2) is 12.8. The topological polar surface area (TPSA) is 8.17 Å². The third-order valence-corrected chi connectivity index (χ3v) is 9.61. The minimum absolute atomic E-state index is 1.10. The molecule has 0 N–H and O–H groups in total. The van der Waals surface area contributed by atoms with E-state index in [2.05, 4.69) is 216 Å². The molecule has 0 fully saturated rings. The van der Waals surface area contributed by atoms with Crippen molar-refractivity contribution in [3.05, 3.63) is 206 Å². The number of para-hydroxylation sites is 4. The Morgan fingerprint density at radius 1 is 0.320 bits per heavy atom. The van der Waals surface area contributed by atoms with Gasteiger partial charge < -0.3 is 9.47 Å². The van der Waals surface area contributed by atoms with Gasteiger partial charge in [0.15, 0.2) is 0 Å². The third-order valence-electron chi connectivity index (χ3n) is 9.61. The van der Waals surface area contributed by atoms with Crippen LogP contribution in [0, 0.1) is 0 Å². The lowest BCUT2D eigenvalue weighted by Crippen LogP contribution is -2.12. The van der Waals surface area contributed by atoms with Crippen LogP contribution in [0.1, 0.15) is 0 Å². The minimum Gasteiger partial charge on any atom is -0.309 e. The second-order valence-corrected chi connectivity index (χ2v) is 12.5. The summed E-state index contributed by atoms with van der Waals surface area (Å²) in [5.41, 5.74) is 14.0. The molecule has 8 aromatic carbocycles. The predicted octanol–water partition coefficient (Wildman–Crippen LogP) is 13.3. The van der Waals surface area contributed by atoms with Crippen LogP contribution in [0.4, 0.5) is 17.1 Å². The van der Waals surface area contributed by atoms with Crippen LogP contribution in [0.2, 0.25) is 0 Å². The van der Waals surface area contributed by atoms with Gasteiger partial charge in [0.1, 0.15) is 0 Å². The maximum Gasteiger partial charge on any atom is 0.0547 e. The molecule has 1 heterocycles. The van der Waals surface area contributed by atoms with E-state index in [1.807, 2.05) is 0 Å². The Balaban J connectivity index is 1.30. The van der Waals surface area contributed by atoms with Crippen molar-refractivity contribution in [3.63, 3.8) is 0 Å². The molecule has 0 aliphatic carbocycles. The van der Waals surface area contributed by atoms with Crippen molar-refractivity contribution < 1.29 is 0 Å². The van der Waals surface area contributed by atoms with Gasteiger partial charge in [0, 0.05) is 33.3 Å². The SMILES string of the molecule is c1ccc(-c2ccc(N(c3ccccc3-c3ccccc3)c3ccccc3-c3cccc4c3c3ccccc3n4-c3ccccc3)cc2)cc1. The van der Waals surface area contributed by atoms with Crippen LogP contribution in [0.25, 0.3) is 60.9 Å². The van der Waals surface area contributed by atoms with Crippen molar-refractivity contribution in [1.29, 1.82) is 0 Å². The molecule has 0 saturated heterocycles. The molecule has 9 rings (SSSR count). The average molecular weight is 639 g/mol. The van der Waals surface area contributed by atoms with E-state index in [9.17, 15) is 0 Å². The molecule has 9 aromatic rings. The standard InChI is InChI=1S/C48H34N2/c1-4-17-35(18-5-1)36-31-33-39(34-32-36)49(44-27-13-10-23-40(44)37-19-6-2-7-20-37)45-28-14-11-24-41(45)42-26-16-30-47-48(42)43-25-12-15-29-46(43)50(47)38-21-8-3-9-22-38/h1-34H. The molecule has 2 nitrogen and oxygen atoms in total. The molecule has 0 aliphatic rings. The van der Waals surface area contributed by atoms with Crippen molar-refractivity contribution in [3.8, 4) is 39.1 Å². The van der Waals surface area contributed by atoms with Gasteiger partial charge in [-0.1, -0.05) is 158 Å². The highest BCUT2D eigenvalue weighted by Crippen LogP contribution is 2.47. The Hall–Kier alpha value is -6.64. The van der Waals surface area contributed by atoms with E-state index in [-0.39, 0.29) is 0 Å². The fraction of sp³-hybridized carbons (Fsp3) is 0. The lowest BCUT2D eigenvalue weighted by atomic mass is 9.95. The van der Waals surface area contributed by atoms with Gasteiger partial charge in [0.05, 0.1) is 22.4 Å². The van der Waals surface area contributed by atoms with Crippen LogP contribution >= 0.6 is 0 Å². The van der Waals surface area contributed by atoms with Gasteiger partial charge in [-0.2, -0.15) is 0 Å². The van der Waals surface area contributed by atoms with Gasteiger partial charge in [-0.05, 0) is 70.8 Å². The Morgan fingerprint density at radius 3 is 1.54 bits per heavy atom. The highest BCUT2D eigenvalue weighted by atomic mass is 15.1. The minimum atomic E-state index is 1.10. The van der Waals surface area contributed by atoms with Crippen molar-refractivity contribution in [2.45, 2.75) is 0 Å². The lowest BCUT2D eigenvalue weighted by molar-refractivity contribution is 1.18. The number of fused-ring (bicyclic) bond motifs is 3. The summed E-state index contributed by atoms with van der Waals surface area (Å²) in [6, 6.07) is 74.0. The lowest BCUT2D eigenvalue weighted by Gasteiger charge is -2.30. The second-order valence-electron chi connectivity index (χ2n) is 12.5. The summed E-state index contributed by atoms with van der Waals surface area (Å²) < 4.78 is 2.39. The summed E-state index contributed by atoms with van der Waals surface area (Å²) in [5.74, 6) is 0. The van der Waals surface area contributed by atoms with Gasteiger partial charge in [-0.3, -0.25) is 0 Å². The molecule has 0 saturated carbocycles. The van der Waals surface area contributed by atoms with Crippen LogP contribution in [0.15, 0.2) is 206 Å². The zero-order chi connectivity index (χ0) is 33.3.